The number of alkyl halides is 2. The van der Waals surface area contributed by atoms with Crippen LogP contribution in [0, 0.1) is 5.41 Å². The Morgan fingerprint density at radius 1 is 1.21 bits per heavy atom. The summed E-state index contributed by atoms with van der Waals surface area (Å²) in [4.78, 5) is 51.3. The minimum absolute atomic E-state index is 0.134. The van der Waals surface area contributed by atoms with E-state index in [2.05, 4.69) is 21.0 Å². The maximum Gasteiger partial charge on any atom is 0.295 e. The smallest absolute Gasteiger partial charge is 0.295 e. The lowest BCUT2D eigenvalue weighted by atomic mass is 9.71. The summed E-state index contributed by atoms with van der Waals surface area (Å²) < 4.78 is 30.6. The lowest BCUT2D eigenvalue weighted by molar-refractivity contribution is -0.147. The summed E-state index contributed by atoms with van der Waals surface area (Å²) in [6.07, 6.45) is 1.06. The lowest BCUT2D eigenvalue weighted by Gasteiger charge is -2.43. The first-order valence-corrected chi connectivity index (χ1v) is 11.5. The Kier molecular flexibility index (Phi) is 7.14. The second-order valence-corrected chi connectivity index (χ2v) is 10.6. The van der Waals surface area contributed by atoms with Crippen molar-refractivity contribution in [1.82, 2.24) is 20.4 Å². The summed E-state index contributed by atoms with van der Waals surface area (Å²) in [5, 5.41) is 11.4. The molecule has 3 rings (SSSR count). The number of aromatic nitrogens is 2. The van der Waals surface area contributed by atoms with E-state index in [1.807, 2.05) is 0 Å². The average molecular weight is 482 g/mol. The lowest BCUT2D eigenvalue weighted by Crippen LogP contribution is -2.68. The predicted octanol–water partition coefficient (Wildman–Crippen LogP) is 2.12. The van der Waals surface area contributed by atoms with Gasteiger partial charge in [0.25, 0.3) is 5.91 Å². The summed E-state index contributed by atoms with van der Waals surface area (Å²) in [7, 11) is 1.63. The summed E-state index contributed by atoms with van der Waals surface area (Å²) in [6.45, 7) is 4.97. The van der Waals surface area contributed by atoms with Gasteiger partial charge >= 0.3 is 0 Å². The minimum atomic E-state index is -1.76. The average Bonchev–Trinajstić information content (AvgIpc) is 3.32. The van der Waals surface area contributed by atoms with Gasteiger partial charge in [-0.25, -0.2) is 8.78 Å². The second kappa shape index (κ2) is 9.42. The van der Waals surface area contributed by atoms with Crippen LogP contribution in [0.4, 0.5) is 14.6 Å². The molecule has 34 heavy (non-hydrogen) atoms. The van der Waals surface area contributed by atoms with E-state index in [4.69, 9.17) is 0 Å². The maximum atomic E-state index is 15.3. The van der Waals surface area contributed by atoms with Crippen molar-refractivity contribution >= 4 is 29.3 Å². The molecule has 2 saturated carbocycles. The fourth-order valence-corrected chi connectivity index (χ4v) is 4.40. The van der Waals surface area contributed by atoms with Gasteiger partial charge in [-0.05, 0) is 12.8 Å². The van der Waals surface area contributed by atoms with E-state index in [-0.39, 0.29) is 37.9 Å². The summed E-state index contributed by atoms with van der Waals surface area (Å²) >= 11 is 0. The van der Waals surface area contributed by atoms with E-state index in [1.165, 1.54) is 10.7 Å². The van der Waals surface area contributed by atoms with Gasteiger partial charge in [-0.1, -0.05) is 33.6 Å². The third kappa shape index (κ3) is 5.79. The molecular formula is C23H33F2N5O4. The Morgan fingerprint density at radius 2 is 1.82 bits per heavy atom. The second-order valence-electron chi connectivity index (χ2n) is 10.6. The highest BCUT2D eigenvalue weighted by Gasteiger charge is 2.55. The van der Waals surface area contributed by atoms with Crippen molar-refractivity contribution in [3.8, 4) is 0 Å². The molecule has 0 spiro atoms. The van der Waals surface area contributed by atoms with Crippen LogP contribution >= 0.6 is 0 Å². The molecule has 3 N–H and O–H groups in total. The number of amides is 3. The number of aryl methyl sites for hydroxylation is 1. The van der Waals surface area contributed by atoms with Gasteiger partial charge < -0.3 is 16.0 Å². The summed E-state index contributed by atoms with van der Waals surface area (Å²) in [5.74, 6) is -3.20. The van der Waals surface area contributed by atoms with Crippen molar-refractivity contribution < 1.29 is 28.0 Å². The van der Waals surface area contributed by atoms with Crippen LogP contribution in [-0.2, 0) is 26.2 Å². The largest absolute Gasteiger partial charge is 0.344 e. The third-order valence-electron chi connectivity index (χ3n) is 6.47. The molecule has 0 radical (unpaired) electrons. The molecule has 11 heteroatoms. The molecule has 188 valence electrons. The van der Waals surface area contributed by atoms with Crippen molar-refractivity contribution in [3.05, 3.63) is 12.3 Å². The van der Waals surface area contributed by atoms with Crippen LogP contribution in [0.15, 0.2) is 12.3 Å². The molecule has 2 aliphatic carbocycles. The molecule has 0 bridgehead atoms. The first-order chi connectivity index (χ1) is 15.7. The molecule has 0 aromatic carbocycles. The molecule has 1 aromatic heterocycles. The number of nitrogens with zero attached hydrogens (tertiary/aromatic N) is 2. The molecule has 0 aliphatic heterocycles. The van der Waals surface area contributed by atoms with Gasteiger partial charge in [-0.15, -0.1) is 0 Å². The van der Waals surface area contributed by atoms with E-state index in [1.54, 1.807) is 34.0 Å². The van der Waals surface area contributed by atoms with Gasteiger partial charge in [0.05, 0.1) is 0 Å². The van der Waals surface area contributed by atoms with Gasteiger partial charge in [0, 0.05) is 44.0 Å². The molecule has 1 aromatic rings. The molecule has 0 unspecified atom stereocenters. The SMILES string of the molecule is Cn1ccc(NC(=O)C(=O)C2(NC(=O)[C@H](CC3(F)CCCC3)NC(=O)C(C)(C)C)CC(F)C2)n1. The van der Waals surface area contributed by atoms with Gasteiger partial charge in [-0.3, -0.25) is 23.9 Å². The van der Waals surface area contributed by atoms with Crippen molar-refractivity contribution in [2.75, 3.05) is 5.32 Å². The topological polar surface area (TPSA) is 122 Å². The zero-order chi connectivity index (χ0) is 25.3. The van der Waals surface area contributed by atoms with Crippen LogP contribution in [0.25, 0.3) is 0 Å². The van der Waals surface area contributed by atoms with E-state index >= 15 is 4.39 Å². The number of nitrogens with one attached hydrogen (secondary N) is 3. The molecule has 2 fully saturated rings. The van der Waals surface area contributed by atoms with Crippen LogP contribution < -0.4 is 16.0 Å². The molecule has 3 amide bonds. The highest BCUT2D eigenvalue weighted by Crippen LogP contribution is 2.39. The normalized spacial score (nSPS) is 24.6. The number of hydrogen-bond acceptors (Lipinski definition) is 5. The highest BCUT2D eigenvalue weighted by atomic mass is 19.1. The molecule has 1 heterocycles. The summed E-state index contributed by atoms with van der Waals surface area (Å²) in [5.41, 5.74) is -4.23. The standard InChI is InChI=1S/C23H33F2N5O4/c1-21(2,3)20(34)26-15(13-22(25)8-5-6-9-22)18(32)28-23(11-14(24)12-23)17(31)19(33)27-16-7-10-30(4)29-16/h7,10,14-15H,5-6,8-9,11-13H2,1-4H3,(H,26,34)(H,28,32)(H,27,29,33)/t14?,15-,23?/m0/s1. The number of hydrogen-bond donors (Lipinski definition) is 3. The predicted molar refractivity (Wildman–Crippen MR) is 120 cm³/mol. The Balaban J connectivity index is 1.77. The number of ketones is 1. The van der Waals surface area contributed by atoms with Crippen molar-refractivity contribution in [2.24, 2.45) is 12.5 Å². The fourth-order valence-electron chi connectivity index (χ4n) is 4.40. The maximum absolute atomic E-state index is 15.3. The Labute approximate surface area is 197 Å². The van der Waals surface area contributed by atoms with Crippen LogP contribution in [0.3, 0.4) is 0 Å². The number of carbonyl (C=O) groups is 4. The minimum Gasteiger partial charge on any atom is -0.344 e. The monoisotopic (exact) mass is 481 g/mol. The van der Waals surface area contributed by atoms with Crippen molar-refractivity contribution in [1.29, 1.82) is 0 Å². The number of Topliss-reactive ketones (excluding diaryl/α,β-unsaturated/α-hetero) is 1. The van der Waals surface area contributed by atoms with Crippen LogP contribution in [0.5, 0.6) is 0 Å². The van der Waals surface area contributed by atoms with Gasteiger partial charge in [-0.2, -0.15) is 5.10 Å². The number of rotatable bonds is 8. The van der Waals surface area contributed by atoms with Gasteiger partial charge in [0.1, 0.15) is 23.4 Å². The molecule has 9 nitrogen and oxygen atoms in total. The Morgan fingerprint density at radius 3 is 2.32 bits per heavy atom. The summed E-state index contributed by atoms with van der Waals surface area (Å²) in [6, 6.07) is 0.215. The first kappa shape index (κ1) is 25.8. The van der Waals surface area contributed by atoms with Crippen LogP contribution in [0.2, 0.25) is 0 Å². The quantitative estimate of drug-likeness (QED) is 0.491. The highest BCUT2D eigenvalue weighted by molar-refractivity contribution is 6.44. The van der Waals surface area contributed by atoms with Crippen molar-refractivity contribution in [2.45, 2.75) is 89.1 Å². The third-order valence-corrected chi connectivity index (χ3v) is 6.47. The zero-order valence-corrected chi connectivity index (χ0v) is 20.0. The molecule has 0 saturated heterocycles. The van der Waals surface area contributed by atoms with Gasteiger partial charge in [0.15, 0.2) is 5.82 Å². The fraction of sp³-hybridized carbons (Fsp3) is 0.696. The van der Waals surface area contributed by atoms with E-state index in [0.29, 0.717) is 12.8 Å². The number of anilines is 1. The first-order valence-electron chi connectivity index (χ1n) is 11.5. The number of carbonyl (C=O) groups excluding carboxylic acids is 4. The van der Waals surface area contributed by atoms with Crippen LogP contribution in [-0.4, -0.2) is 56.7 Å². The van der Waals surface area contributed by atoms with Crippen LogP contribution in [0.1, 0.15) is 65.7 Å². The van der Waals surface area contributed by atoms with E-state index in [9.17, 15) is 23.6 Å². The van der Waals surface area contributed by atoms with Gasteiger partial charge in [0.2, 0.25) is 17.6 Å². The van der Waals surface area contributed by atoms with Crippen molar-refractivity contribution in [3.63, 3.8) is 0 Å². The Hall–Kier alpha value is -2.85. The molecular weight excluding hydrogens is 448 g/mol. The molecule has 2 aliphatic rings. The zero-order valence-electron chi connectivity index (χ0n) is 20.0. The molecule has 1 atom stereocenters. The van der Waals surface area contributed by atoms with E-state index in [0.717, 1.165) is 0 Å². The number of halogens is 2. The Bertz CT molecular complexity index is 959. The van der Waals surface area contributed by atoms with E-state index < -0.39 is 52.3 Å².